The Labute approximate surface area is 156 Å². The van der Waals surface area contributed by atoms with E-state index in [1.165, 1.54) is 4.88 Å². The number of hydrogen-bond donors (Lipinski definition) is 0. The van der Waals surface area contributed by atoms with Crippen LogP contribution in [-0.4, -0.2) is 15.4 Å². The Morgan fingerprint density at radius 3 is 2.77 bits per heavy atom. The van der Waals surface area contributed by atoms with E-state index in [4.69, 9.17) is 4.42 Å². The van der Waals surface area contributed by atoms with E-state index in [2.05, 4.69) is 28.8 Å². The van der Waals surface area contributed by atoms with Crippen molar-refractivity contribution >= 4 is 28.1 Å². The quantitative estimate of drug-likeness (QED) is 0.491. The monoisotopic (exact) mass is 364 g/mol. The number of amides is 1. The van der Waals surface area contributed by atoms with Crippen molar-refractivity contribution in [3.8, 4) is 0 Å². The SMILES string of the molecule is Cc1cc2ccccc2n1CC(=O)N(Cc1ccco1)Cc1cccs1. The van der Waals surface area contributed by atoms with Crippen LogP contribution in [-0.2, 0) is 24.4 Å². The lowest BCUT2D eigenvalue weighted by molar-refractivity contribution is -0.133. The van der Waals surface area contributed by atoms with Gasteiger partial charge in [0.2, 0.25) is 5.91 Å². The number of benzene rings is 1. The van der Waals surface area contributed by atoms with E-state index in [-0.39, 0.29) is 5.91 Å². The van der Waals surface area contributed by atoms with E-state index in [1.807, 2.05) is 47.5 Å². The molecule has 132 valence electrons. The molecule has 5 heteroatoms. The summed E-state index contributed by atoms with van der Waals surface area (Å²) in [6, 6.07) is 18.1. The molecule has 0 saturated carbocycles. The summed E-state index contributed by atoms with van der Waals surface area (Å²) in [4.78, 5) is 16.2. The highest BCUT2D eigenvalue weighted by atomic mass is 32.1. The molecule has 3 aromatic heterocycles. The maximum absolute atomic E-state index is 13.1. The second-order valence-corrected chi connectivity index (χ2v) is 7.37. The molecule has 4 aromatic rings. The van der Waals surface area contributed by atoms with Crippen LogP contribution in [0.15, 0.2) is 70.7 Å². The van der Waals surface area contributed by atoms with Crippen LogP contribution < -0.4 is 0 Å². The molecule has 0 fully saturated rings. The summed E-state index contributed by atoms with van der Waals surface area (Å²) in [6.07, 6.45) is 1.65. The van der Waals surface area contributed by atoms with E-state index < -0.39 is 0 Å². The van der Waals surface area contributed by atoms with Crippen LogP contribution in [0, 0.1) is 6.92 Å². The predicted molar refractivity (Wildman–Crippen MR) is 104 cm³/mol. The third kappa shape index (κ3) is 3.44. The smallest absolute Gasteiger partial charge is 0.243 e. The lowest BCUT2D eigenvalue weighted by atomic mass is 10.2. The van der Waals surface area contributed by atoms with Gasteiger partial charge in [-0.05, 0) is 48.0 Å². The number of para-hydroxylation sites is 1. The van der Waals surface area contributed by atoms with Crippen LogP contribution in [0.2, 0.25) is 0 Å². The normalized spacial score (nSPS) is 11.1. The highest BCUT2D eigenvalue weighted by Crippen LogP contribution is 2.21. The van der Waals surface area contributed by atoms with Crippen molar-refractivity contribution in [2.24, 2.45) is 0 Å². The number of hydrogen-bond acceptors (Lipinski definition) is 3. The molecule has 0 N–H and O–H groups in total. The summed E-state index contributed by atoms with van der Waals surface area (Å²) >= 11 is 1.66. The summed E-state index contributed by atoms with van der Waals surface area (Å²) in [5, 5.41) is 3.20. The zero-order chi connectivity index (χ0) is 17.9. The Bertz CT molecular complexity index is 964. The van der Waals surface area contributed by atoms with Crippen LogP contribution in [0.1, 0.15) is 16.3 Å². The highest BCUT2D eigenvalue weighted by Gasteiger charge is 2.18. The summed E-state index contributed by atoms with van der Waals surface area (Å²) in [6.45, 7) is 3.44. The van der Waals surface area contributed by atoms with Gasteiger partial charge in [-0.25, -0.2) is 0 Å². The fourth-order valence-electron chi connectivity index (χ4n) is 3.21. The van der Waals surface area contributed by atoms with Crippen LogP contribution in [0.25, 0.3) is 10.9 Å². The lowest BCUT2D eigenvalue weighted by Gasteiger charge is -2.22. The van der Waals surface area contributed by atoms with Gasteiger partial charge in [0.25, 0.3) is 0 Å². The van der Waals surface area contributed by atoms with E-state index in [1.54, 1.807) is 17.6 Å². The summed E-state index contributed by atoms with van der Waals surface area (Å²) < 4.78 is 7.55. The van der Waals surface area contributed by atoms with Crippen LogP contribution in [0.4, 0.5) is 0 Å². The highest BCUT2D eigenvalue weighted by molar-refractivity contribution is 7.09. The fourth-order valence-corrected chi connectivity index (χ4v) is 3.93. The number of aryl methyl sites for hydroxylation is 1. The average molecular weight is 364 g/mol. The molecule has 0 aliphatic carbocycles. The van der Waals surface area contributed by atoms with Gasteiger partial charge in [0, 0.05) is 16.1 Å². The van der Waals surface area contributed by atoms with Gasteiger partial charge in [-0.3, -0.25) is 4.79 Å². The topological polar surface area (TPSA) is 38.4 Å². The zero-order valence-corrected chi connectivity index (χ0v) is 15.4. The van der Waals surface area contributed by atoms with Crippen LogP contribution >= 0.6 is 11.3 Å². The number of furan rings is 1. The van der Waals surface area contributed by atoms with E-state index in [9.17, 15) is 4.79 Å². The van der Waals surface area contributed by atoms with Crippen molar-refractivity contribution < 1.29 is 9.21 Å². The van der Waals surface area contributed by atoms with Gasteiger partial charge in [0.1, 0.15) is 12.3 Å². The first-order chi connectivity index (χ1) is 12.7. The van der Waals surface area contributed by atoms with E-state index >= 15 is 0 Å². The lowest BCUT2D eigenvalue weighted by Crippen LogP contribution is -2.32. The minimum absolute atomic E-state index is 0.0826. The largest absolute Gasteiger partial charge is 0.467 e. The summed E-state index contributed by atoms with van der Waals surface area (Å²) in [7, 11) is 0. The molecule has 0 atom stereocenters. The Morgan fingerprint density at radius 1 is 1.12 bits per heavy atom. The van der Waals surface area contributed by atoms with Gasteiger partial charge in [-0.1, -0.05) is 24.3 Å². The molecule has 0 aliphatic heterocycles. The van der Waals surface area contributed by atoms with Gasteiger partial charge in [0.15, 0.2) is 0 Å². The standard InChI is InChI=1S/C21H20N2O2S/c1-16-12-17-6-2-3-9-20(17)23(16)15-21(24)22(13-18-7-4-10-25-18)14-19-8-5-11-26-19/h2-12H,13-15H2,1H3. The molecule has 4 nitrogen and oxygen atoms in total. The Kier molecular flexibility index (Phi) is 4.63. The first-order valence-corrected chi connectivity index (χ1v) is 9.46. The molecule has 0 spiro atoms. The number of thiophene rings is 1. The fraction of sp³-hybridized carbons (Fsp3) is 0.190. The summed E-state index contributed by atoms with van der Waals surface area (Å²) in [5.74, 6) is 0.878. The van der Waals surface area contributed by atoms with Crippen LogP contribution in [0.3, 0.4) is 0 Å². The maximum atomic E-state index is 13.1. The van der Waals surface area contributed by atoms with Crippen LogP contribution in [0.5, 0.6) is 0 Å². The molecule has 0 saturated heterocycles. The predicted octanol–water partition coefficient (Wildman–Crippen LogP) is 4.83. The number of nitrogens with zero attached hydrogens (tertiary/aromatic N) is 2. The second-order valence-electron chi connectivity index (χ2n) is 6.34. The molecule has 0 unspecified atom stereocenters. The van der Waals surface area contributed by atoms with Gasteiger partial charge >= 0.3 is 0 Å². The maximum Gasteiger partial charge on any atom is 0.243 e. The Morgan fingerprint density at radius 2 is 2.00 bits per heavy atom. The molecule has 4 rings (SSSR count). The first-order valence-electron chi connectivity index (χ1n) is 8.58. The van der Waals surface area contributed by atoms with Crippen molar-refractivity contribution in [3.63, 3.8) is 0 Å². The number of carbonyl (C=O) groups excluding carboxylic acids is 1. The molecular formula is C21H20N2O2S. The van der Waals surface area contributed by atoms with Crippen molar-refractivity contribution in [1.29, 1.82) is 0 Å². The number of rotatable bonds is 6. The van der Waals surface area contributed by atoms with Gasteiger partial charge < -0.3 is 13.9 Å². The molecular weight excluding hydrogens is 344 g/mol. The molecule has 1 amide bonds. The average Bonchev–Trinajstić information content (AvgIpc) is 3.37. The second kappa shape index (κ2) is 7.22. The number of carbonyl (C=O) groups is 1. The van der Waals surface area contributed by atoms with Crippen molar-refractivity contribution in [2.45, 2.75) is 26.6 Å². The van der Waals surface area contributed by atoms with Crippen molar-refractivity contribution in [1.82, 2.24) is 9.47 Å². The molecule has 26 heavy (non-hydrogen) atoms. The van der Waals surface area contributed by atoms with Gasteiger partial charge in [0.05, 0.1) is 19.4 Å². The molecule has 3 heterocycles. The van der Waals surface area contributed by atoms with Crippen molar-refractivity contribution in [3.05, 3.63) is 82.6 Å². The molecule has 0 bridgehead atoms. The third-order valence-corrected chi connectivity index (χ3v) is 5.38. The number of fused-ring (bicyclic) bond motifs is 1. The Hall–Kier alpha value is -2.79. The van der Waals surface area contributed by atoms with Crippen molar-refractivity contribution in [2.75, 3.05) is 0 Å². The minimum atomic E-state index is 0.0826. The minimum Gasteiger partial charge on any atom is -0.467 e. The third-order valence-electron chi connectivity index (χ3n) is 4.52. The first kappa shape index (κ1) is 16.7. The van der Waals surface area contributed by atoms with E-state index in [0.717, 1.165) is 22.4 Å². The molecule has 1 aromatic carbocycles. The Balaban J connectivity index is 1.59. The zero-order valence-electron chi connectivity index (χ0n) is 14.6. The molecule has 0 aliphatic rings. The van der Waals surface area contributed by atoms with E-state index in [0.29, 0.717) is 19.6 Å². The summed E-state index contributed by atoms with van der Waals surface area (Å²) in [5.41, 5.74) is 2.18. The van der Waals surface area contributed by atoms with Gasteiger partial charge in [-0.15, -0.1) is 11.3 Å². The molecule has 0 radical (unpaired) electrons. The number of aromatic nitrogens is 1. The van der Waals surface area contributed by atoms with Gasteiger partial charge in [-0.2, -0.15) is 0 Å².